The maximum absolute atomic E-state index is 13.7. The van der Waals surface area contributed by atoms with E-state index in [9.17, 15) is 19.8 Å². The SMILES string of the molecule is Cc1c(Nc2nccc3cc(CN[C@@H](C)CO)cnc23)cccc1-c1cccc(NC(=O)c2nc3c(n2C)CCN(C[C@H]2CC[C@H](C(=O)O)CC2)C3)c1Cl. The lowest BCUT2D eigenvalue weighted by Crippen LogP contribution is -2.36. The number of carbonyl (C=O) groups excluding carboxylic acids is 1. The molecule has 1 saturated carbocycles. The fourth-order valence-corrected chi connectivity index (χ4v) is 8.03. The second kappa shape index (κ2) is 16.2. The van der Waals surface area contributed by atoms with Gasteiger partial charge in [-0.3, -0.25) is 19.5 Å². The molecule has 54 heavy (non-hydrogen) atoms. The first-order valence-corrected chi connectivity index (χ1v) is 19.0. The van der Waals surface area contributed by atoms with Gasteiger partial charge in [0.1, 0.15) is 5.52 Å². The molecule has 7 rings (SSSR count). The number of fused-ring (bicyclic) bond motifs is 2. The van der Waals surface area contributed by atoms with Gasteiger partial charge in [-0.05, 0) is 86.4 Å². The number of halogens is 1. The highest BCUT2D eigenvalue weighted by molar-refractivity contribution is 6.36. The lowest BCUT2D eigenvalue weighted by atomic mass is 9.81. The molecule has 282 valence electrons. The summed E-state index contributed by atoms with van der Waals surface area (Å²) >= 11 is 7.04. The van der Waals surface area contributed by atoms with Gasteiger partial charge < -0.3 is 30.7 Å². The summed E-state index contributed by atoms with van der Waals surface area (Å²) in [5, 5.41) is 29.9. The highest BCUT2D eigenvalue weighted by atomic mass is 35.5. The average Bonchev–Trinajstić information content (AvgIpc) is 3.51. The largest absolute Gasteiger partial charge is 0.481 e. The van der Waals surface area contributed by atoms with Crippen LogP contribution < -0.4 is 16.0 Å². The summed E-state index contributed by atoms with van der Waals surface area (Å²) in [4.78, 5) is 41.6. The number of amides is 1. The molecule has 2 aromatic carbocycles. The number of nitrogens with one attached hydrogen (secondary N) is 3. The van der Waals surface area contributed by atoms with E-state index in [0.29, 0.717) is 41.4 Å². The number of aliphatic hydroxyl groups is 1. The second-order valence-corrected chi connectivity index (χ2v) is 15.1. The van der Waals surface area contributed by atoms with Crippen molar-refractivity contribution in [3.63, 3.8) is 0 Å². The number of aromatic nitrogens is 4. The molecule has 0 unspecified atom stereocenters. The van der Waals surface area contributed by atoms with Crippen molar-refractivity contribution in [1.82, 2.24) is 29.7 Å². The van der Waals surface area contributed by atoms with Crippen LogP contribution in [-0.4, -0.2) is 72.2 Å². The normalized spacial score (nSPS) is 17.9. The molecular weight excluding hydrogens is 704 g/mol. The molecule has 0 bridgehead atoms. The molecule has 0 saturated heterocycles. The third-order valence-corrected chi connectivity index (χ3v) is 11.4. The van der Waals surface area contributed by atoms with Gasteiger partial charge in [0.25, 0.3) is 5.91 Å². The van der Waals surface area contributed by atoms with Gasteiger partial charge in [-0.2, -0.15) is 0 Å². The smallest absolute Gasteiger partial charge is 0.306 e. The van der Waals surface area contributed by atoms with Crippen LogP contribution in [0.2, 0.25) is 5.02 Å². The van der Waals surface area contributed by atoms with Crippen molar-refractivity contribution in [2.75, 3.05) is 30.3 Å². The minimum atomic E-state index is -0.678. The minimum absolute atomic E-state index is 0.00858. The summed E-state index contributed by atoms with van der Waals surface area (Å²) in [5.41, 5.74) is 7.72. The van der Waals surface area contributed by atoms with Gasteiger partial charge >= 0.3 is 5.97 Å². The molecule has 4 heterocycles. The van der Waals surface area contributed by atoms with E-state index in [0.717, 1.165) is 95.4 Å². The molecule has 1 atom stereocenters. The monoisotopic (exact) mass is 750 g/mol. The Morgan fingerprint density at radius 2 is 1.80 bits per heavy atom. The fourth-order valence-electron chi connectivity index (χ4n) is 7.75. The number of pyridine rings is 2. The Balaban J connectivity index is 1.05. The molecule has 1 fully saturated rings. The number of carbonyl (C=O) groups is 2. The van der Waals surface area contributed by atoms with Crippen molar-refractivity contribution in [3.05, 3.63) is 94.3 Å². The second-order valence-electron chi connectivity index (χ2n) is 14.7. The topological polar surface area (TPSA) is 158 Å². The van der Waals surface area contributed by atoms with Crippen molar-refractivity contribution >= 4 is 51.6 Å². The predicted molar refractivity (Wildman–Crippen MR) is 211 cm³/mol. The van der Waals surface area contributed by atoms with Gasteiger partial charge in [-0.25, -0.2) is 9.97 Å². The highest BCUT2D eigenvalue weighted by Crippen LogP contribution is 2.39. The number of imidazole rings is 1. The molecule has 0 spiro atoms. The number of hydrogen-bond acceptors (Lipinski definition) is 9. The van der Waals surface area contributed by atoms with Crippen LogP contribution >= 0.6 is 11.6 Å². The van der Waals surface area contributed by atoms with E-state index in [-0.39, 0.29) is 24.5 Å². The van der Waals surface area contributed by atoms with Crippen LogP contribution in [0.25, 0.3) is 22.0 Å². The summed E-state index contributed by atoms with van der Waals surface area (Å²) in [6.07, 6.45) is 7.72. The van der Waals surface area contributed by atoms with E-state index >= 15 is 0 Å². The van der Waals surface area contributed by atoms with E-state index < -0.39 is 5.97 Å². The number of carboxylic acid groups (broad SMARTS) is 1. The molecule has 5 aromatic rings. The summed E-state index contributed by atoms with van der Waals surface area (Å²) < 4.78 is 1.89. The Kier molecular flexibility index (Phi) is 11.3. The lowest BCUT2D eigenvalue weighted by Gasteiger charge is -2.33. The zero-order valence-electron chi connectivity index (χ0n) is 30.9. The van der Waals surface area contributed by atoms with E-state index in [1.807, 2.05) is 68.1 Å². The maximum atomic E-state index is 13.7. The molecule has 1 amide bonds. The number of hydrogen-bond donors (Lipinski definition) is 5. The van der Waals surface area contributed by atoms with Crippen LogP contribution in [-0.2, 0) is 31.4 Å². The van der Waals surface area contributed by atoms with E-state index in [1.54, 1.807) is 12.3 Å². The zero-order chi connectivity index (χ0) is 37.9. The first kappa shape index (κ1) is 37.4. The lowest BCUT2D eigenvalue weighted by molar-refractivity contribution is -0.143. The average molecular weight is 751 g/mol. The standard InChI is InChI=1S/C41H47ClN8O4/c1-24(23-51)44-19-27-18-29-14-16-43-38(37(29)45-20-27)46-32-8-4-6-30(25(32)2)31-7-5-9-33(36(31)42)48-40(52)39-47-34-22-50(17-15-35(34)49(39)3)21-26-10-12-28(13-11-26)41(53)54/h4-9,14,16,18,20,24,26,28,44,51H,10-13,15,17,19,21-23H2,1-3H3,(H,43,46)(H,48,52)(H,53,54)/t24-,26-,28-/m0/s1. The molecule has 12 nitrogen and oxygen atoms in total. The van der Waals surface area contributed by atoms with Crippen molar-refractivity contribution in [3.8, 4) is 11.1 Å². The van der Waals surface area contributed by atoms with Crippen molar-refractivity contribution in [2.45, 2.75) is 65.1 Å². The van der Waals surface area contributed by atoms with Crippen LogP contribution in [0.15, 0.2) is 60.9 Å². The van der Waals surface area contributed by atoms with Crippen LogP contribution in [0.1, 0.15) is 65.7 Å². The minimum Gasteiger partial charge on any atom is -0.481 e. The zero-order valence-corrected chi connectivity index (χ0v) is 31.7. The molecular formula is C41H47ClN8O4. The first-order valence-electron chi connectivity index (χ1n) is 18.6. The van der Waals surface area contributed by atoms with Gasteiger partial charge in [0.05, 0.1) is 28.9 Å². The van der Waals surface area contributed by atoms with Gasteiger partial charge in [0, 0.05) is 80.4 Å². The first-order chi connectivity index (χ1) is 26.1. The number of aliphatic carboxylic acids is 1. The molecule has 0 radical (unpaired) electrons. The molecule has 1 aliphatic heterocycles. The van der Waals surface area contributed by atoms with Gasteiger partial charge in [0.15, 0.2) is 11.6 Å². The number of nitrogens with zero attached hydrogens (tertiary/aromatic N) is 5. The molecule has 3 aromatic heterocycles. The van der Waals surface area contributed by atoms with Gasteiger partial charge in [-0.15, -0.1) is 0 Å². The Labute approximate surface area is 320 Å². The summed E-state index contributed by atoms with van der Waals surface area (Å²) in [6, 6.07) is 15.6. The molecule has 5 N–H and O–H groups in total. The Morgan fingerprint density at radius 1 is 1.04 bits per heavy atom. The van der Waals surface area contributed by atoms with Gasteiger partial charge in [0.2, 0.25) is 0 Å². The van der Waals surface area contributed by atoms with Crippen LogP contribution in [0.5, 0.6) is 0 Å². The fraction of sp³-hybridized carbons (Fsp3) is 0.390. The predicted octanol–water partition coefficient (Wildman–Crippen LogP) is 6.71. The third kappa shape index (κ3) is 7.97. The molecule has 13 heteroatoms. The van der Waals surface area contributed by atoms with Crippen LogP contribution in [0, 0.1) is 18.8 Å². The van der Waals surface area contributed by atoms with Crippen LogP contribution in [0.3, 0.4) is 0 Å². The summed E-state index contributed by atoms with van der Waals surface area (Å²) in [7, 11) is 1.89. The summed E-state index contributed by atoms with van der Waals surface area (Å²) in [5.74, 6) is 0.239. The Bertz CT molecular complexity index is 2180. The number of benzene rings is 2. The van der Waals surface area contributed by atoms with E-state index in [4.69, 9.17) is 21.6 Å². The number of carboxylic acids is 1. The Hall–Kier alpha value is -4.88. The summed E-state index contributed by atoms with van der Waals surface area (Å²) in [6.45, 7) is 7.08. The van der Waals surface area contributed by atoms with Crippen molar-refractivity contribution in [2.24, 2.45) is 18.9 Å². The van der Waals surface area contributed by atoms with E-state index in [1.165, 1.54) is 0 Å². The van der Waals surface area contributed by atoms with Crippen molar-refractivity contribution in [1.29, 1.82) is 0 Å². The van der Waals surface area contributed by atoms with E-state index in [2.05, 4.69) is 31.9 Å². The van der Waals surface area contributed by atoms with Gasteiger partial charge in [-0.1, -0.05) is 35.9 Å². The third-order valence-electron chi connectivity index (χ3n) is 11.0. The molecule has 2 aliphatic rings. The number of rotatable bonds is 12. The number of anilines is 3. The molecule has 1 aliphatic carbocycles. The Morgan fingerprint density at radius 3 is 2.56 bits per heavy atom. The maximum Gasteiger partial charge on any atom is 0.306 e. The number of aliphatic hydroxyl groups excluding tert-OH is 1. The quantitative estimate of drug-likeness (QED) is 0.0929. The van der Waals surface area contributed by atoms with Crippen molar-refractivity contribution < 1.29 is 19.8 Å². The van der Waals surface area contributed by atoms with Crippen LogP contribution in [0.4, 0.5) is 17.2 Å². The highest BCUT2D eigenvalue weighted by Gasteiger charge is 2.30.